The second kappa shape index (κ2) is 7.79. The van der Waals surface area contributed by atoms with Gasteiger partial charge in [0.1, 0.15) is 12.4 Å². The Morgan fingerprint density at radius 2 is 1.68 bits per heavy atom. The quantitative estimate of drug-likeness (QED) is 0.653. The molecule has 1 aromatic heterocycles. The van der Waals surface area contributed by atoms with Gasteiger partial charge in [-0.1, -0.05) is 36.4 Å². The highest BCUT2D eigenvalue weighted by atomic mass is 16.5. The average Bonchev–Trinajstić information content (AvgIpc) is 3.01. The molecule has 1 aliphatic rings. The van der Waals surface area contributed by atoms with Gasteiger partial charge < -0.3 is 9.64 Å². The SMILES string of the molecule is CN(C)CCOc1ccc2c(c1)C(=O)C(c1cccnc1)=C2c1ccccc1. The topological polar surface area (TPSA) is 42.4 Å². The minimum Gasteiger partial charge on any atom is -0.492 e. The highest BCUT2D eigenvalue weighted by molar-refractivity contribution is 6.41. The first kappa shape index (κ1) is 18.1. The van der Waals surface area contributed by atoms with Crippen LogP contribution < -0.4 is 4.74 Å². The van der Waals surface area contributed by atoms with Crippen LogP contribution in [0.25, 0.3) is 11.1 Å². The Morgan fingerprint density at radius 3 is 2.39 bits per heavy atom. The van der Waals surface area contributed by atoms with E-state index >= 15 is 0 Å². The van der Waals surface area contributed by atoms with Crippen LogP contribution in [0.15, 0.2) is 73.1 Å². The van der Waals surface area contributed by atoms with Crippen LogP contribution in [-0.4, -0.2) is 42.9 Å². The van der Waals surface area contributed by atoms with Gasteiger partial charge in [0, 0.05) is 41.2 Å². The molecular formula is C24H22N2O2. The Kier molecular flexibility index (Phi) is 5.04. The molecule has 1 heterocycles. The molecule has 0 fully saturated rings. The van der Waals surface area contributed by atoms with Gasteiger partial charge in [-0.25, -0.2) is 0 Å². The lowest BCUT2D eigenvalue weighted by Gasteiger charge is -2.12. The van der Waals surface area contributed by atoms with Crippen LogP contribution >= 0.6 is 0 Å². The van der Waals surface area contributed by atoms with Crippen molar-refractivity contribution in [3.63, 3.8) is 0 Å². The van der Waals surface area contributed by atoms with Gasteiger partial charge in [-0.2, -0.15) is 0 Å². The number of carbonyl (C=O) groups is 1. The first-order valence-electron chi connectivity index (χ1n) is 9.32. The number of fused-ring (bicyclic) bond motifs is 1. The molecular weight excluding hydrogens is 348 g/mol. The maximum Gasteiger partial charge on any atom is 0.195 e. The fourth-order valence-corrected chi connectivity index (χ4v) is 3.44. The number of nitrogens with zero attached hydrogens (tertiary/aromatic N) is 2. The molecule has 1 aliphatic carbocycles. The lowest BCUT2D eigenvalue weighted by molar-refractivity contribution is 0.105. The smallest absolute Gasteiger partial charge is 0.195 e. The summed E-state index contributed by atoms with van der Waals surface area (Å²) in [6.45, 7) is 1.40. The van der Waals surface area contributed by atoms with Crippen LogP contribution in [0.2, 0.25) is 0 Å². The molecule has 0 spiro atoms. The lowest BCUT2D eigenvalue weighted by atomic mass is 9.95. The maximum absolute atomic E-state index is 13.4. The fourth-order valence-electron chi connectivity index (χ4n) is 3.44. The zero-order chi connectivity index (χ0) is 19.5. The van der Waals surface area contributed by atoms with E-state index in [-0.39, 0.29) is 5.78 Å². The third-order valence-corrected chi connectivity index (χ3v) is 4.80. The molecule has 4 nitrogen and oxygen atoms in total. The number of aromatic nitrogens is 1. The molecule has 0 bridgehead atoms. The van der Waals surface area contributed by atoms with E-state index < -0.39 is 0 Å². The molecule has 3 aromatic rings. The Balaban J connectivity index is 1.78. The van der Waals surface area contributed by atoms with E-state index in [1.807, 2.05) is 74.8 Å². The van der Waals surface area contributed by atoms with Gasteiger partial charge in [0.15, 0.2) is 5.78 Å². The van der Waals surface area contributed by atoms with E-state index in [2.05, 4.69) is 9.88 Å². The summed E-state index contributed by atoms with van der Waals surface area (Å²) < 4.78 is 5.85. The van der Waals surface area contributed by atoms with Crippen molar-refractivity contribution in [2.75, 3.05) is 27.2 Å². The summed E-state index contributed by atoms with van der Waals surface area (Å²) in [5.74, 6) is 0.730. The molecule has 0 aliphatic heterocycles. The fraction of sp³-hybridized carbons (Fsp3) is 0.167. The Bertz CT molecular complexity index is 1020. The number of allylic oxidation sites excluding steroid dienone is 1. The monoisotopic (exact) mass is 370 g/mol. The van der Waals surface area contributed by atoms with E-state index in [4.69, 9.17) is 4.74 Å². The number of rotatable bonds is 6. The zero-order valence-corrected chi connectivity index (χ0v) is 16.1. The van der Waals surface area contributed by atoms with Gasteiger partial charge >= 0.3 is 0 Å². The lowest BCUT2D eigenvalue weighted by Crippen LogP contribution is -2.19. The number of hydrogen-bond donors (Lipinski definition) is 0. The van der Waals surface area contributed by atoms with Crippen molar-refractivity contribution in [2.45, 2.75) is 0 Å². The van der Waals surface area contributed by atoms with Gasteiger partial charge in [0.05, 0.1) is 0 Å². The molecule has 0 unspecified atom stereocenters. The van der Waals surface area contributed by atoms with E-state index in [1.54, 1.807) is 12.4 Å². The van der Waals surface area contributed by atoms with Crippen molar-refractivity contribution < 1.29 is 9.53 Å². The third-order valence-electron chi connectivity index (χ3n) is 4.80. The number of Topliss-reactive ketones (excluding diaryl/α,β-unsaturated/α-hetero) is 1. The summed E-state index contributed by atoms with van der Waals surface area (Å²) >= 11 is 0. The second-order valence-electron chi connectivity index (χ2n) is 7.05. The van der Waals surface area contributed by atoms with E-state index in [0.29, 0.717) is 23.5 Å². The highest BCUT2D eigenvalue weighted by Crippen LogP contribution is 2.43. The van der Waals surface area contributed by atoms with Crippen molar-refractivity contribution in [3.8, 4) is 5.75 Å². The van der Waals surface area contributed by atoms with E-state index in [0.717, 1.165) is 28.8 Å². The summed E-state index contributed by atoms with van der Waals surface area (Å²) in [6, 6.07) is 19.6. The molecule has 4 heteroatoms. The molecule has 0 N–H and O–H groups in total. The Morgan fingerprint density at radius 1 is 0.893 bits per heavy atom. The van der Waals surface area contributed by atoms with E-state index in [9.17, 15) is 4.79 Å². The van der Waals surface area contributed by atoms with Crippen LogP contribution in [0.1, 0.15) is 27.0 Å². The minimum absolute atomic E-state index is 0.0138. The van der Waals surface area contributed by atoms with Gasteiger partial charge in [0.2, 0.25) is 0 Å². The maximum atomic E-state index is 13.4. The van der Waals surface area contributed by atoms with Crippen molar-refractivity contribution >= 4 is 16.9 Å². The normalized spacial score (nSPS) is 13.2. The number of ketones is 1. The summed E-state index contributed by atoms with van der Waals surface area (Å²) in [4.78, 5) is 19.6. The molecule has 28 heavy (non-hydrogen) atoms. The Hall–Kier alpha value is -3.24. The standard InChI is InChI=1S/C24H22N2O2/c1-26(2)13-14-28-19-10-11-20-21(15-19)24(27)23(18-9-6-12-25-16-18)22(20)17-7-4-3-5-8-17/h3-12,15-16H,13-14H2,1-2H3. The van der Waals surface area contributed by atoms with Crippen molar-refractivity contribution in [3.05, 3.63) is 95.3 Å². The number of hydrogen-bond acceptors (Lipinski definition) is 4. The first-order valence-corrected chi connectivity index (χ1v) is 9.32. The minimum atomic E-state index is 0.0138. The van der Waals surface area contributed by atoms with Crippen molar-refractivity contribution in [1.82, 2.24) is 9.88 Å². The van der Waals surface area contributed by atoms with Crippen LogP contribution in [0.4, 0.5) is 0 Å². The molecule has 140 valence electrons. The average molecular weight is 370 g/mol. The van der Waals surface area contributed by atoms with Crippen LogP contribution in [0.5, 0.6) is 5.75 Å². The van der Waals surface area contributed by atoms with Crippen LogP contribution in [0, 0.1) is 0 Å². The van der Waals surface area contributed by atoms with Gasteiger partial charge in [-0.3, -0.25) is 9.78 Å². The van der Waals surface area contributed by atoms with Crippen molar-refractivity contribution in [1.29, 1.82) is 0 Å². The van der Waals surface area contributed by atoms with Gasteiger partial charge in [0.25, 0.3) is 0 Å². The highest BCUT2D eigenvalue weighted by Gasteiger charge is 2.31. The van der Waals surface area contributed by atoms with E-state index in [1.165, 1.54) is 0 Å². The summed E-state index contributed by atoms with van der Waals surface area (Å²) in [6.07, 6.45) is 3.46. The van der Waals surface area contributed by atoms with Crippen LogP contribution in [-0.2, 0) is 0 Å². The molecule has 2 aromatic carbocycles. The number of benzene rings is 2. The second-order valence-corrected chi connectivity index (χ2v) is 7.05. The van der Waals surface area contributed by atoms with Gasteiger partial charge in [-0.15, -0.1) is 0 Å². The number of pyridine rings is 1. The number of ether oxygens (including phenoxy) is 1. The summed E-state index contributed by atoms with van der Waals surface area (Å²) in [5.41, 5.74) is 5.12. The first-order chi connectivity index (χ1) is 13.6. The molecule has 0 radical (unpaired) electrons. The molecule has 0 saturated carbocycles. The molecule has 0 saturated heterocycles. The summed E-state index contributed by atoms with van der Waals surface area (Å²) in [5, 5.41) is 0. The largest absolute Gasteiger partial charge is 0.492 e. The van der Waals surface area contributed by atoms with Gasteiger partial charge in [-0.05, 0) is 49.5 Å². The third kappa shape index (κ3) is 3.47. The van der Waals surface area contributed by atoms with Crippen LogP contribution in [0.3, 0.4) is 0 Å². The Labute approximate surface area is 165 Å². The number of likely N-dealkylation sites (N-methyl/N-ethyl adjacent to an activating group) is 1. The molecule has 0 amide bonds. The number of carbonyl (C=O) groups excluding carboxylic acids is 1. The predicted octanol–water partition coefficient (Wildman–Crippen LogP) is 4.18. The summed E-state index contributed by atoms with van der Waals surface area (Å²) in [7, 11) is 4.01. The molecule has 4 rings (SSSR count). The molecule has 0 atom stereocenters. The zero-order valence-electron chi connectivity index (χ0n) is 16.1. The predicted molar refractivity (Wildman–Crippen MR) is 111 cm³/mol. The van der Waals surface area contributed by atoms with Crippen molar-refractivity contribution in [2.24, 2.45) is 0 Å².